The number of hydrogen-bond donors (Lipinski definition) is 2. The molecule has 2 aromatic carbocycles. The fourth-order valence-corrected chi connectivity index (χ4v) is 5.09. The SMILES string of the molecule is CC(=NNC(=O)c1sc2cc(C)ccc2c1Cl)c1ccc(NC(=O)c2cccs2)cc1. The number of amides is 2. The monoisotopic (exact) mass is 467 g/mol. The zero-order chi connectivity index (χ0) is 22.0. The summed E-state index contributed by atoms with van der Waals surface area (Å²) in [5, 5.41) is 10.2. The smallest absolute Gasteiger partial charge is 0.283 e. The number of hydrazone groups is 1. The van der Waals surface area contributed by atoms with Crippen molar-refractivity contribution < 1.29 is 9.59 Å². The Balaban J connectivity index is 1.44. The number of anilines is 1. The molecule has 0 saturated carbocycles. The lowest BCUT2D eigenvalue weighted by Gasteiger charge is -2.06. The summed E-state index contributed by atoms with van der Waals surface area (Å²) in [4.78, 5) is 25.8. The van der Waals surface area contributed by atoms with Gasteiger partial charge in [0.25, 0.3) is 11.8 Å². The normalized spacial score (nSPS) is 11.5. The number of nitrogens with one attached hydrogen (secondary N) is 2. The van der Waals surface area contributed by atoms with Gasteiger partial charge in [0.15, 0.2) is 0 Å². The molecule has 0 aliphatic heterocycles. The number of halogens is 1. The van der Waals surface area contributed by atoms with Gasteiger partial charge < -0.3 is 5.32 Å². The molecule has 0 aliphatic carbocycles. The minimum Gasteiger partial charge on any atom is -0.321 e. The molecule has 0 unspecified atom stereocenters. The van der Waals surface area contributed by atoms with E-state index in [1.165, 1.54) is 22.7 Å². The molecule has 8 heteroatoms. The first-order valence-corrected chi connectivity index (χ1v) is 11.5. The number of carbonyl (C=O) groups is 2. The van der Waals surface area contributed by atoms with Gasteiger partial charge in [-0.3, -0.25) is 9.59 Å². The first-order chi connectivity index (χ1) is 14.9. The molecule has 0 spiro atoms. The standard InChI is InChI=1S/C23H18ClN3O2S2/c1-13-5-10-17-19(12-13)31-21(20(17)24)23(29)27-26-14(2)15-6-8-16(9-7-15)25-22(28)18-4-3-11-30-18/h3-12H,1-2H3,(H,25,28)(H,27,29). The molecule has 0 radical (unpaired) electrons. The lowest BCUT2D eigenvalue weighted by Crippen LogP contribution is -2.18. The third-order valence-electron chi connectivity index (χ3n) is 4.62. The van der Waals surface area contributed by atoms with Gasteiger partial charge >= 0.3 is 0 Å². The third-order valence-corrected chi connectivity index (χ3v) is 7.15. The van der Waals surface area contributed by atoms with Gasteiger partial charge in [0.2, 0.25) is 0 Å². The highest BCUT2D eigenvalue weighted by Crippen LogP contribution is 2.35. The second-order valence-corrected chi connectivity index (χ2v) is 9.27. The molecule has 0 aliphatic rings. The van der Waals surface area contributed by atoms with Crippen LogP contribution in [-0.2, 0) is 0 Å². The number of thiophene rings is 2. The molecular weight excluding hydrogens is 450 g/mol. The molecule has 2 heterocycles. The van der Waals surface area contributed by atoms with Gasteiger partial charge in [-0.2, -0.15) is 5.10 Å². The van der Waals surface area contributed by atoms with Gasteiger partial charge in [-0.15, -0.1) is 22.7 Å². The van der Waals surface area contributed by atoms with Crippen LogP contribution in [0.25, 0.3) is 10.1 Å². The van der Waals surface area contributed by atoms with Crippen molar-refractivity contribution in [2.75, 3.05) is 5.32 Å². The van der Waals surface area contributed by atoms with E-state index in [0.717, 1.165) is 21.2 Å². The van der Waals surface area contributed by atoms with Crippen LogP contribution in [0.3, 0.4) is 0 Å². The number of hydrogen-bond acceptors (Lipinski definition) is 5. The van der Waals surface area contributed by atoms with Crippen molar-refractivity contribution in [2.45, 2.75) is 13.8 Å². The Kier molecular flexibility index (Phi) is 6.18. The van der Waals surface area contributed by atoms with E-state index in [-0.39, 0.29) is 11.8 Å². The van der Waals surface area contributed by atoms with Crippen LogP contribution in [0.2, 0.25) is 5.02 Å². The Morgan fingerprint density at radius 2 is 1.81 bits per heavy atom. The molecule has 5 nitrogen and oxygen atoms in total. The summed E-state index contributed by atoms with van der Waals surface area (Å²) in [7, 11) is 0. The number of nitrogens with zero attached hydrogens (tertiary/aromatic N) is 1. The molecule has 156 valence electrons. The maximum Gasteiger partial charge on any atom is 0.283 e. The van der Waals surface area contributed by atoms with E-state index in [1.807, 2.05) is 48.7 Å². The van der Waals surface area contributed by atoms with Gasteiger partial charge in [0, 0.05) is 15.8 Å². The molecule has 31 heavy (non-hydrogen) atoms. The first-order valence-electron chi connectivity index (χ1n) is 9.41. The summed E-state index contributed by atoms with van der Waals surface area (Å²) < 4.78 is 0.969. The maximum absolute atomic E-state index is 12.6. The molecule has 4 aromatic rings. The van der Waals surface area contributed by atoms with E-state index >= 15 is 0 Å². The van der Waals surface area contributed by atoms with E-state index in [1.54, 1.807) is 25.1 Å². The van der Waals surface area contributed by atoms with Crippen LogP contribution in [0.1, 0.15) is 37.4 Å². The van der Waals surface area contributed by atoms with E-state index in [0.29, 0.717) is 26.2 Å². The van der Waals surface area contributed by atoms with Crippen LogP contribution >= 0.6 is 34.3 Å². The van der Waals surface area contributed by atoms with E-state index in [2.05, 4.69) is 15.8 Å². The highest BCUT2D eigenvalue weighted by atomic mass is 35.5. The summed E-state index contributed by atoms with van der Waals surface area (Å²) in [5.74, 6) is -0.487. The van der Waals surface area contributed by atoms with Crippen molar-refractivity contribution in [3.8, 4) is 0 Å². The average Bonchev–Trinajstić information content (AvgIpc) is 3.41. The lowest BCUT2D eigenvalue weighted by atomic mass is 10.1. The highest BCUT2D eigenvalue weighted by Gasteiger charge is 2.17. The summed E-state index contributed by atoms with van der Waals surface area (Å²) in [6.45, 7) is 3.80. The van der Waals surface area contributed by atoms with E-state index in [4.69, 9.17) is 11.6 Å². The molecule has 2 N–H and O–H groups in total. The largest absolute Gasteiger partial charge is 0.321 e. The van der Waals surface area contributed by atoms with Crippen LogP contribution < -0.4 is 10.7 Å². The number of benzene rings is 2. The molecule has 0 bridgehead atoms. The van der Waals surface area contributed by atoms with Crippen LogP contribution in [0.5, 0.6) is 0 Å². The predicted octanol–water partition coefficient (Wildman–Crippen LogP) is 6.33. The van der Waals surface area contributed by atoms with Crippen LogP contribution in [-0.4, -0.2) is 17.5 Å². The van der Waals surface area contributed by atoms with Crippen LogP contribution in [0, 0.1) is 6.92 Å². The van der Waals surface area contributed by atoms with Gasteiger partial charge in [-0.25, -0.2) is 5.43 Å². The van der Waals surface area contributed by atoms with Crippen molar-refractivity contribution in [3.63, 3.8) is 0 Å². The zero-order valence-corrected chi connectivity index (χ0v) is 19.1. The van der Waals surface area contributed by atoms with E-state index in [9.17, 15) is 9.59 Å². The van der Waals surface area contributed by atoms with Gasteiger partial charge in [-0.1, -0.05) is 41.9 Å². The Morgan fingerprint density at radius 1 is 1.03 bits per heavy atom. The summed E-state index contributed by atoms with van der Waals surface area (Å²) >= 11 is 9.14. The van der Waals surface area contributed by atoms with Crippen molar-refractivity contribution in [3.05, 3.63) is 85.9 Å². The number of rotatable bonds is 5. The molecule has 4 rings (SSSR count). The van der Waals surface area contributed by atoms with Crippen molar-refractivity contribution in [2.24, 2.45) is 5.10 Å². The maximum atomic E-state index is 12.6. The average molecular weight is 468 g/mol. The minimum absolute atomic E-state index is 0.143. The predicted molar refractivity (Wildman–Crippen MR) is 130 cm³/mol. The molecule has 0 saturated heterocycles. The third kappa shape index (κ3) is 4.69. The minimum atomic E-state index is -0.344. The Morgan fingerprint density at radius 3 is 2.52 bits per heavy atom. The molecular formula is C23H18ClN3O2S2. The van der Waals surface area contributed by atoms with Crippen LogP contribution in [0.15, 0.2) is 65.1 Å². The summed E-state index contributed by atoms with van der Waals surface area (Å²) in [5.41, 5.74) is 5.85. The fourth-order valence-electron chi connectivity index (χ4n) is 2.96. The van der Waals surface area contributed by atoms with E-state index < -0.39 is 0 Å². The van der Waals surface area contributed by atoms with Gasteiger partial charge in [-0.05, 0) is 54.6 Å². The summed E-state index contributed by atoms with van der Waals surface area (Å²) in [6, 6.07) is 16.8. The second-order valence-electron chi connectivity index (χ2n) is 6.89. The van der Waals surface area contributed by atoms with Gasteiger partial charge in [0.05, 0.1) is 15.6 Å². The number of fused-ring (bicyclic) bond motifs is 1. The Bertz CT molecular complexity index is 1290. The van der Waals surface area contributed by atoms with Crippen molar-refractivity contribution >= 4 is 67.6 Å². The van der Waals surface area contributed by atoms with Gasteiger partial charge in [0.1, 0.15) is 4.88 Å². The molecule has 0 fully saturated rings. The quantitative estimate of drug-likeness (QED) is 0.266. The fraction of sp³-hybridized carbons (Fsp3) is 0.0870. The van der Waals surface area contributed by atoms with Crippen molar-refractivity contribution in [1.82, 2.24) is 5.43 Å². The topological polar surface area (TPSA) is 70.6 Å². The first kappa shape index (κ1) is 21.2. The Hall–Kier alpha value is -3.00. The van der Waals surface area contributed by atoms with Crippen molar-refractivity contribution in [1.29, 1.82) is 0 Å². The molecule has 0 atom stereocenters. The summed E-state index contributed by atoms with van der Waals surface area (Å²) in [6.07, 6.45) is 0. The molecule has 2 aromatic heterocycles. The Labute approximate surface area is 192 Å². The number of carbonyl (C=O) groups excluding carboxylic acids is 2. The lowest BCUT2D eigenvalue weighted by molar-refractivity contribution is 0.0958. The second kappa shape index (κ2) is 9.01. The molecule has 2 amide bonds. The van der Waals surface area contributed by atoms with Crippen LogP contribution in [0.4, 0.5) is 5.69 Å². The zero-order valence-electron chi connectivity index (χ0n) is 16.7. The highest BCUT2D eigenvalue weighted by molar-refractivity contribution is 7.21. The number of aryl methyl sites for hydroxylation is 1.